The SMILES string of the molecule is COCC(C)(CCO)NC(=O)c1ccc(C2(C#N)CC2)cc1. The van der Waals surface area contributed by atoms with Crippen LogP contribution < -0.4 is 5.32 Å². The summed E-state index contributed by atoms with van der Waals surface area (Å²) in [4.78, 5) is 12.3. The molecule has 22 heavy (non-hydrogen) atoms. The summed E-state index contributed by atoms with van der Waals surface area (Å²) in [6.45, 7) is 2.15. The van der Waals surface area contributed by atoms with Crippen LogP contribution in [0.4, 0.5) is 0 Å². The average molecular weight is 302 g/mol. The number of aliphatic hydroxyl groups excluding tert-OH is 1. The number of rotatable bonds is 7. The number of carbonyl (C=O) groups excluding carboxylic acids is 1. The molecule has 0 radical (unpaired) electrons. The predicted molar refractivity (Wildman–Crippen MR) is 82.4 cm³/mol. The summed E-state index contributed by atoms with van der Waals surface area (Å²) in [5.41, 5.74) is 0.569. The minimum atomic E-state index is -0.608. The first kappa shape index (κ1) is 16.5. The number of hydrogen-bond acceptors (Lipinski definition) is 4. The molecule has 5 heteroatoms. The highest BCUT2D eigenvalue weighted by molar-refractivity contribution is 5.94. The second-order valence-electron chi connectivity index (χ2n) is 6.19. The first-order valence-electron chi connectivity index (χ1n) is 7.43. The first-order valence-corrected chi connectivity index (χ1v) is 7.43. The van der Waals surface area contributed by atoms with Gasteiger partial charge in [-0.15, -0.1) is 0 Å². The van der Waals surface area contributed by atoms with E-state index in [9.17, 15) is 10.1 Å². The van der Waals surface area contributed by atoms with Crippen molar-refractivity contribution in [3.63, 3.8) is 0 Å². The molecule has 1 saturated carbocycles. The number of nitrogens with one attached hydrogen (secondary N) is 1. The van der Waals surface area contributed by atoms with Gasteiger partial charge in [0.15, 0.2) is 0 Å². The topological polar surface area (TPSA) is 82.3 Å². The number of methoxy groups -OCH3 is 1. The smallest absolute Gasteiger partial charge is 0.251 e. The van der Waals surface area contributed by atoms with Gasteiger partial charge in [0.25, 0.3) is 5.91 Å². The summed E-state index contributed by atoms with van der Waals surface area (Å²) in [7, 11) is 1.56. The fourth-order valence-corrected chi connectivity index (χ4v) is 2.61. The molecule has 0 aliphatic heterocycles. The lowest BCUT2D eigenvalue weighted by molar-refractivity contribution is 0.0725. The van der Waals surface area contributed by atoms with Crippen molar-refractivity contribution in [2.75, 3.05) is 20.3 Å². The Morgan fingerprint density at radius 2 is 2.09 bits per heavy atom. The molecule has 1 atom stereocenters. The van der Waals surface area contributed by atoms with Crippen LogP contribution in [0.1, 0.15) is 42.1 Å². The van der Waals surface area contributed by atoms with Crippen LogP contribution in [0.2, 0.25) is 0 Å². The van der Waals surface area contributed by atoms with Gasteiger partial charge in [-0.2, -0.15) is 5.26 Å². The molecule has 1 aliphatic rings. The summed E-state index contributed by atoms with van der Waals surface area (Å²) in [6, 6.07) is 9.54. The Morgan fingerprint density at radius 3 is 2.55 bits per heavy atom. The van der Waals surface area contributed by atoms with Crippen LogP contribution in [0.3, 0.4) is 0 Å². The van der Waals surface area contributed by atoms with E-state index in [1.54, 1.807) is 19.2 Å². The Kier molecular flexibility index (Phi) is 4.84. The van der Waals surface area contributed by atoms with Crippen molar-refractivity contribution in [1.29, 1.82) is 5.26 Å². The van der Waals surface area contributed by atoms with Gasteiger partial charge in [0, 0.05) is 19.3 Å². The molecule has 1 aromatic rings. The van der Waals surface area contributed by atoms with Crippen LogP contribution in [0.5, 0.6) is 0 Å². The molecular weight excluding hydrogens is 280 g/mol. The normalized spacial score (nSPS) is 18.1. The lowest BCUT2D eigenvalue weighted by Crippen LogP contribution is -2.50. The van der Waals surface area contributed by atoms with E-state index in [1.807, 2.05) is 19.1 Å². The molecule has 0 bridgehead atoms. The molecule has 2 rings (SSSR count). The molecule has 0 saturated heterocycles. The number of carbonyl (C=O) groups is 1. The molecule has 1 aromatic carbocycles. The Hall–Kier alpha value is -1.90. The average Bonchev–Trinajstić information content (AvgIpc) is 3.29. The fraction of sp³-hybridized carbons (Fsp3) is 0.529. The Balaban J connectivity index is 2.08. The monoisotopic (exact) mass is 302 g/mol. The van der Waals surface area contributed by atoms with E-state index in [1.165, 1.54) is 0 Å². The summed E-state index contributed by atoms with van der Waals surface area (Å²) >= 11 is 0. The first-order chi connectivity index (χ1) is 10.5. The number of nitrogens with zero attached hydrogens (tertiary/aromatic N) is 1. The molecule has 2 N–H and O–H groups in total. The van der Waals surface area contributed by atoms with Crippen molar-refractivity contribution < 1.29 is 14.6 Å². The molecule has 1 unspecified atom stereocenters. The van der Waals surface area contributed by atoms with Gasteiger partial charge in [-0.05, 0) is 43.9 Å². The minimum Gasteiger partial charge on any atom is -0.396 e. The summed E-state index contributed by atoms with van der Waals surface area (Å²) in [6.07, 6.45) is 2.19. The molecule has 0 heterocycles. The third kappa shape index (κ3) is 3.46. The number of hydrogen-bond donors (Lipinski definition) is 2. The molecule has 1 fully saturated rings. The molecule has 118 valence electrons. The van der Waals surface area contributed by atoms with E-state index >= 15 is 0 Å². The van der Waals surface area contributed by atoms with Gasteiger partial charge in [0.1, 0.15) is 0 Å². The predicted octanol–water partition coefficient (Wildman–Crippen LogP) is 1.76. The zero-order valence-corrected chi connectivity index (χ0v) is 13.1. The molecule has 0 spiro atoms. The second-order valence-corrected chi connectivity index (χ2v) is 6.19. The van der Waals surface area contributed by atoms with Crippen LogP contribution in [0, 0.1) is 11.3 Å². The van der Waals surface area contributed by atoms with Gasteiger partial charge in [-0.25, -0.2) is 0 Å². The highest BCUT2D eigenvalue weighted by Gasteiger charge is 2.44. The number of nitriles is 1. The highest BCUT2D eigenvalue weighted by Crippen LogP contribution is 2.47. The Morgan fingerprint density at radius 1 is 1.45 bits per heavy atom. The van der Waals surface area contributed by atoms with Crippen molar-refractivity contribution in [2.24, 2.45) is 0 Å². The molecule has 0 aromatic heterocycles. The summed E-state index contributed by atoms with van der Waals surface area (Å²) < 4.78 is 5.12. The highest BCUT2D eigenvalue weighted by atomic mass is 16.5. The van der Waals surface area contributed by atoms with E-state index in [0.29, 0.717) is 18.6 Å². The molecule has 5 nitrogen and oxygen atoms in total. The third-order valence-corrected chi connectivity index (χ3v) is 4.21. The van der Waals surface area contributed by atoms with Crippen molar-refractivity contribution in [3.8, 4) is 6.07 Å². The fourth-order valence-electron chi connectivity index (χ4n) is 2.61. The number of ether oxygens (including phenoxy) is 1. The Bertz CT molecular complexity index is 565. The molecule has 1 aliphatic carbocycles. The minimum absolute atomic E-state index is 0.0240. The second kappa shape index (κ2) is 6.47. The standard InChI is InChI=1S/C17H22N2O3/c1-16(9-10-20,12-22-2)19-15(21)13-3-5-14(6-4-13)17(11-18)7-8-17/h3-6,20H,7-10,12H2,1-2H3,(H,19,21). The number of amides is 1. The maximum Gasteiger partial charge on any atom is 0.251 e. The van der Waals surface area contributed by atoms with Crippen LogP contribution in [0.25, 0.3) is 0 Å². The van der Waals surface area contributed by atoms with E-state index in [-0.39, 0.29) is 17.9 Å². The maximum absolute atomic E-state index is 12.3. The van der Waals surface area contributed by atoms with E-state index in [2.05, 4.69) is 11.4 Å². The van der Waals surface area contributed by atoms with Gasteiger partial charge >= 0.3 is 0 Å². The van der Waals surface area contributed by atoms with Crippen LogP contribution >= 0.6 is 0 Å². The van der Waals surface area contributed by atoms with Crippen molar-refractivity contribution in [2.45, 2.75) is 37.1 Å². The van der Waals surface area contributed by atoms with Crippen molar-refractivity contribution in [3.05, 3.63) is 35.4 Å². The van der Waals surface area contributed by atoms with Crippen LogP contribution in [-0.2, 0) is 10.2 Å². The third-order valence-electron chi connectivity index (χ3n) is 4.21. The van der Waals surface area contributed by atoms with Crippen LogP contribution in [0.15, 0.2) is 24.3 Å². The van der Waals surface area contributed by atoms with Crippen LogP contribution in [-0.4, -0.2) is 36.9 Å². The lowest BCUT2D eigenvalue weighted by atomic mass is 9.95. The van der Waals surface area contributed by atoms with Crippen molar-refractivity contribution in [1.82, 2.24) is 5.32 Å². The van der Waals surface area contributed by atoms with Gasteiger partial charge in [-0.1, -0.05) is 12.1 Å². The number of benzene rings is 1. The van der Waals surface area contributed by atoms with E-state index < -0.39 is 5.54 Å². The summed E-state index contributed by atoms with van der Waals surface area (Å²) in [5.74, 6) is -0.207. The number of aliphatic hydroxyl groups is 1. The maximum atomic E-state index is 12.3. The summed E-state index contributed by atoms with van der Waals surface area (Å²) in [5, 5.41) is 21.2. The zero-order chi connectivity index (χ0) is 16.2. The van der Waals surface area contributed by atoms with Gasteiger partial charge in [-0.3, -0.25) is 4.79 Å². The van der Waals surface area contributed by atoms with Crippen molar-refractivity contribution >= 4 is 5.91 Å². The zero-order valence-electron chi connectivity index (χ0n) is 13.1. The quantitative estimate of drug-likeness (QED) is 0.804. The van der Waals surface area contributed by atoms with E-state index in [4.69, 9.17) is 9.84 Å². The molecule has 1 amide bonds. The largest absolute Gasteiger partial charge is 0.396 e. The lowest BCUT2D eigenvalue weighted by Gasteiger charge is -2.29. The van der Waals surface area contributed by atoms with Gasteiger partial charge < -0.3 is 15.2 Å². The van der Waals surface area contributed by atoms with Gasteiger partial charge in [0.2, 0.25) is 0 Å². The van der Waals surface area contributed by atoms with E-state index in [0.717, 1.165) is 18.4 Å². The van der Waals surface area contributed by atoms with Gasteiger partial charge in [0.05, 0.1) is 23.6 Å². The Labute approximate surface area is 130 Å². The molecular formula is C17H22N2O3.